The van der Waals surface area contributed by atoms with Crippen molar-refractivity contribution in [2.24, 2.45) is 4.99 Å². The maximum absolute atomic E-state index is 5.58. The molecule has 0 amide bonds. The summed E-state index contributed by atoms with van der Waals surface area (Å²) < 4.78 is 5.58. The van der Waals surface area contributed by atoms with Gasteiger partial charge in [-0.15, -0.1) is 11.8 Å². The molecule has 14 heavy (non-hydrogen) atoms. The van der Waals surface area contributed by atoms with Gasteiger partial charge < -0.3 is 4.74 Å². The highest BCUT2D eigenvalue weighted by atomic mass is 32.2. The zero-order valence-electron chi connectivity index (χ0n) is 7.93. The average Bonchev–Trinajstić information content (AvgIpc) is 2.68. The summed E-state index contributed by atoms with van der Waals surface area (Å²) in [5, 5.41) is 1.99. The summed E-state index contributed by atoms with van der Waals surface area (Å²) in [4.78, 5) is 4.32. The molecule has 0 fully saturated rings. The fraction of sp³-hybridized carbons (Fsp3) is 0.182. The molecule has 0 radical (unpaired) electrons. The largest absolute Gasteiger partial charge is 0.441 e. The number of hydrogen-bond donors (Lipinski definition) is 0. The van der Waals surface area contributed by atoms with Crippen LogP contribution in [0, 0.1) is 0 Å². The molecule has 2 rings (SSSR count). The lowest BCUT2D eigenvalue weighted by Crippen LogP contribution is -1.99. The van der Waals surface area contributed by atoms with Crippen molar-refractivity contribution >= 4 is 17.7 Å². The molecule has 0 saturated carbocycles. The van der Waals surface area contributed by atoms with E-state index in [0.29, 0.717) is 6.54 Å². The number of benzene rings is 1. The van der Waals surface area contributed by atoms with Crippen LogP contribution in [-0.2, 0) is 4.74 Å². The smallest absolute Gasteiger partial charge is 0.222 e. The summed E-state index contributed by atoms with van der Waals surface area (Å²) in [6, 6.07) is 9.95. The van der Waals surface area contributed by atoms with Crippen LogP contribution in [0.1, 0.15) is 5.56 Å². The van der Waals surface area contributed by atoms with Gasteiger partial charge in [-0.2, -0.15) is 0 Å². The third-order valence-corrected chi connectivity index (χ3v) is 2.37. The Morgan fingerprint density at radius 1 is 1.36 bits per heavy atom. The zero-order chi connectivity index (χ0) is 9.80. The van der Waals surface area contributed by atoms with Crippen LogP contribution in [0.5, 0.6) is 0 Å². The van der Waals surface area contributed by atoms with Crippen LogP contribution in [-0.4, -0.2) is 18.7 Å². The standard InChI is InChI=1S/C11H11NOS/c1-14-8-10-7-12-11(13-10)9-5-3-2-4-6-9/h2-6,8H,7H2,1H3/b10-8+. The highest BCUT2D eigenvalue weighted by Gasteiger charge is 2.13. The van der Waals surface area contributed by atoms with Crippen LogP contribution >= 0.6 is 11.8 Å². The predicted molar refractivity (Wildman–Crippen MR) is 60.5 cm³/mol. The lowest BCUT2D eigenvalue weighted by Gasteiger charge is -2.01. The summed E-state index contributed by atoms with van der Waals surface area (Å²) >= 11 is 1.64. The molecule has 0 saturated heterocycles. The van der Waals surface area contributed by atoms with Gasteiger partial charge in [0.05, 0.1) is 0 Å². The summed E-state index contributed by atoms with van der Waals surface area (Å²) in [6.45, 7) is 0.658. The van der Waals surface area contributed by atoms with Gasteiger partial charge in [0, 0.05) is 11.0 Å². The molecule has 0 spiro atoms. The van der Waals surface area contributed by atoms with Gasteiger partial charge in [-0.3, -0.25) is 0 Å². The van der Waals surface area contributed by atoms with Crippen molar-refractivity contribution in [3.8, 4) is 0 Å². The normalized spacial score (nSPS) is 18.1. The quantitative estimate of drug-likeness (QED) is 0.740. The minimum Gasteiger partial charge on any atom is -0.441 e. The first-order valence-electron chi connectivity index (χ1n) is 4.39. The number of nitrogens with zero attached hydrogens (tertiary/aromatic N) is 1. The van der Waals surface area contributed by atoms with Gasteiger partial charge in [0.1, 0.15) is 12.3 Å². The molecule has 1 aromatic rings. The Bertz CT molecular complexity index is 370. The fourth-order valence-corrected chi connectivity index (χ4v) is 1.65. The number of aliphatic imine (C=N–C) groups is 1. The molecule has 0 aliphatic carbocycles. The molecule has 1 aromatic carbocycles. The second-order valence-corrected chi connectivity index (χ2v) is 3.62. The highest BCUT2D eigenvalue weighted by molar-refractivity contribution is 8.01. The van der Waals surface area contributed by atoms with E-state index >= 15 is 0 Å². The maximum Gasteiger partial charge on any atom is 0.222 e. The van der Waals surface area contributed by atoms with Gasteiger partial charge in [-0.25, -0.2) is 4.99 Å². The van der Waals surface area contributed by atoms with Crippen molar-refractivity contribution in [2.45, 2.75) is 0 Å². The summed E-state index contributed by atoms with van der Waals surface area (Å²) in [6.07, 6.45) is 2.01. The van der Waals surface area contributed by atoms with Gasteiger partial charge in [0.2, 0.25) is 5.90 Å². The monoisotopic (exact) mass is 205 g/mol. The van der Waals surface area contributed by atoms with E-state index in [0.717, 1.165) is 17.2 Å². The second kappa shape index (κ2) is 4.33. The van der Waals surface area contributed by atoms with Gasteiger partial charge in [-0.05, 0) is 18.4 Å². The van der Waals surface area contributed by atoms with Crippen LogP contribution in [0.15, 0.2) is 46.5 Å². The van der Waals surface area contributed by atoms with Crippen LogP contribution < -0.4 is 0 Å². The van der Waals surface area contributed by atoms with E-state index < -0.39 is 0 Å². The first kappa shape index (κ1) is 9.34. The molecule has 0 bridgehead atoms. The molecule has 0 aromatic heterocycles. The minimum atomic E-state index is 0.658. The molecule has 1 heterocycles. The van der Waals surface area contributed by atoms with Crippen LogP contribution in [0.25, 0.3) is 0 Å². The first-order chi connectivity index (χ1) is 6.90. The van der Waals surface area contributed by atoms with Crippen LogP contribution in [0.4, 0.5) is 0 Å². The maximum atomic E-state index is 5.58. The van der Waals surface area contributed by atoms with E-state index in [4.69, 9.17) is 4.74 Å². The Morgan fingerprint density at radius 2 is 2.14 bits per heavy atom. The summed E-state index contributed by atoms with van der Waals surface area (Å²) in [7, 11) is 0. The molecule has 72 valence electrons. The second-order valence-electron chi connectivity index (χ2n) is 2.91. The Labute approximate surface area is 87.7 Å². The summed E-state index contributed by atoms with van der Waals surface area (Å²) in [5.74, 6) is 1.65. The molecule has 1 aliphatic rings. The number of thioether (sulfide) groups is 1. The SMILES string of the molecule is CS/C=C1\CN=C(c2ccccc2)O1. The lowest BCUT2D eigenvalue weighted by molar-refractivity contribution is 0.441. The van der Waals surface area contributed by atoms with E-state index in [-0.39, 0.29) is 0 Å². The first-order valence-corrected chi connectivity index (χ1v) is 5.68. The van der Waals surface area contributed by atoms with E-state index in [1.54, 1.807) is 11.8 Å². The van der Waals surface area contributed by atoms with E-state index in [9.17, 15) is 0 Å². The van der Waals surface area contributed by atoms with Gasteiger partial charge >= 0.3 is 0 Å². The molecule has 0 unspecified atom stereocenters. The Morgan fingerprint density at radius 3 is 2.86 bits per heavy atom. The lowest BCUT2D eigenvalue weighted by atomic mass is 10.2. The van der Waals surface area contributed by atoms with E-state index in [1.165, 1.54) is 0 Å². The third kappa shape index (κ3) is 1.99. The van der Waals surface area contributed by atoms with E-state index in [2.05, 4.69) is 4.99 Å². The molecule has 1 aliphatic heterocycles. The van der Waals surface area contributed by atoms with Gasteiger partial charge in [-0.1, -0.05) is 18.2 Å². The van der Waals surface area contributed by atoms with Crippen LogP contribution in [0.3, 0.4) is 0 Å². The van der Waals surface area contributed by atoms with Gasteiger partial charge in [0.15, 0.2) is 0 Å². The Balaban J connectivity index is 2.13. The minimum absolute atomic E-state index is 0.658. The fourth-order valence-electron chi connectivity index (χ4n) is 1.26. The van der Waals surface area contributed by atoms with Crippen molar-refractivity contribution in [3.05, 3.63) is 47.1 Å². The topological polar surface area (TPSA) is 21.6 Å². The van der Waals surface area contributed by atoms with Crippen molar-refractivity contribution < 1.29 is 4.74 Å². The molecular weight excluding hydrogens is 194 g/mol. The molecule has 0 N–H and O–H groups in total. The Hall–Kier alpha value is -1.22. The van der Waals surface area contributed by atoms with E-state index in [1.807, 2.05) is 42.0 Å². The number of rotatable bonds is 2. The molecular formula is C11H11NOS. The number of hydrogen-bond acceptors (Lipinski definition) is 3. The van der Waals surface area contributed by atoms with Gasteiger partial charge in [0.25, 0.3) is 0 Å². The van der Waals surface area contributed by atoms with Crippen LogP contribution in [0.2, 0.25) is 0 Å². The highest BCUT2D eigenvalue weighted by Crippen LogP contribution is 2.16. The molecule has 0 atom stereocenters. The Kier molecular flexibility index (Phi) is 2.89. The van der Waals surface area contributed by atoms with Crippen molar-refractivity contribution in [2.75, 3.05) is 12.8 Å². The average molecular weight is 205 g/mol. The third-order valence-electron chi connectivity index (χ3n) is 1.88. The summed E-state index contributed by atoms with van der Waals surface area (Å²) in [5.41, 5.74) is 1.04. The van der Waals surface area contributed by atoms with Crippen molar-refractivity contribution in [1.29, 1.82) is 0 Å². The molecule has 2 nitrogen and oxygen atoms in total. The number of ether oxygens (including phenoxy) is 1. The zero-order valence-corrected chi connectivity index (χ0v) is 8.75. The van der Waals surface area contributed by atoms with Crippen molar-refractivity contribution in [3.63, 3.8) is 0 Å². The molecule has 3 heteroatoms. The predicted octanol–water partition coefficient (Wildman–Crippen LogP) is 2.67. The van der Waals surface area contributed by atoms with Crippen molar-refractivity contribution in [1.82, 2.24) is 0 Å².